The zero-order valence-electron chi connectivity index (χ0n) is 19.8. The van der Waals surface area contributed by atoms with Crippen LogP contribution in [-0.4, -0.2) is 35.4 Å². The Hall–Kier alpha value is -1.95. The van der Waals surface area contributed by atoms with E-state index in [1.807, 2.05) is 13.8 Å². The highest BCUT2D eigenvalue weighted by Gasteiger charge is 2.29. The van der Waals surface area contributed by atoms with Crippen LogP contribution in [0.25, 0.3) is 0 Å². The molecule has 2 aromatic carbocycles. The van der Waals surface area contributed by atoms with Crippen molar-refractivity contribution in [1.29, 1.82) is 0 Å². The fraction of sp³-hybridized carbons (Fsp3) is 0.462. The molecule has 0 heterocycles. The van der Waals surface area contributed by atoms with E-state index in [2.05, 4.69) is 5.32 Å². The van der Waals surface area contributed by atoms with Crippen molar-refractivity contribution in [2.45, 2.75) is 71.5 Å². The molecule has 2 aromatic rings. The molecule has 1 unspecified atom stereocenters. The summed E-state index contributed by atoms with van der Waals surface area (Å²) in [5.41, 5.74) is 2.32. The smallest absolute Gasteiger partial charge is 0.261 e. The predicted octanol–water partition coefficient (Wildman–Crippen LogP) is 6.51. The van der Waals surface area contributed by atoms with Gasteiger partial charge in [0.1, 0.15) is 11.8 Å². The molecular formula is C26H31Cl3N2O3. The van der Waals surface area contributed by atoms with E-state index in [0.717, 1.165) is 36.8 Å². The van der Waals surface area contributed by atoms with Crippen molar-refractivity contribution in [2.75, 3.05) is 6.61 Å². The van der Waals surface area contributed by atoms with Crippen molar-refractivity contribution in [3.63, 3.8) is 0 Å². The molecule has 1 saturated carbocycles. The molecule has 0 aliphatic heterocycles. The number of hydrogen-bond acceptors (Lipinski definition) is 3. The molecule has 184 valence electrons. The largest absolute Gasteiger partial charge is 0.484 e. The molecule has 0 radical (unpaired) electrons. The van der Waals surface area contributed by atoms with Crippen molar-refractivity contribution < 1.29 is 14.3 Å². The molecule has 0 aromatic heterocycles. The number of ether oxygens (including phenoxy) is 1. The number of aryl methyl sites for hydroxylation is 2. The van der Waals surface area contributed by atoms with Gasteiger partial charge in [-0.15, -0.1) is 0 Å². The minimum atomic E-state index is -0.723. The second-order valence-electron chi connectivity index (χ2n) is 8.90. The Morgan fingerprint density at radius 3 is 2.24 bits per heavy atom. The fourth-order valence-electron chi connectivity index (χ4n) is 4.22. The van der Waals surface area contributed by atoms with E-state index in [1.165, 1.54) is 11.3 Å². The molecule has 0 saturated heterocycles. The fourth-order valence-corrected chi connectivity index (χ4v) is 4.85. The summed E-state index contributed by atoms with van der Waals surface area (Å²) in [6, 6.07) is 8.17. The summed E-state index contributed by atoms with van der Waals surface area (Å²) in [6.07, 6.45) is 5.32. The maximum absolute atomic E-state index is 13.3. The highest BCUT2D eigenvalue weighted by atomic mass is 35.5. The minimum absolute atomic E-state index is 0.0959. The third-order valence-electron chi connectivity index (χ3n) is 6.28. The zero-order valence-corrected chi connectivity index (χ0v) is 22.1. The van der Waals surface area contributed by atoms with E-state index in [-0.39, 0.29) is 31.0 Å². The van der Waals surface area contributed by atoms with Crippen molar-refractivity contribution in [3.05, 3.63) is 62.1 Å². The van der Waals surface area contributed by atoms with E-state index in [1.54, 1.807) is 37.3 Å². The topological polar surface area (TPSA) is 58.6 Å². The lowest BCUT2D eigenvalue weighted by molar-refractivity contribution is -0.142. The number of rotatable bonds is 8. The number of carbonyl (C=O) groups is 2. The Bertz CT molecular complexity index is 995. The van der Waals surface area contributed by atoms with Crippen molar-refractivity contribution >= 4 is 46.6 Å². The van der Waals surface area contributed by atoms with Crippen LogP contribution in [0.5, 0.6) is 5.75 Å². The molecule has 34 heavy (non-hydrogen) atoms. The number of halogens is 3. The number of nitrogens with zero attached hydrogens (tertiary/aromatic N) is 1. The highest BCUT2D eigenvalue weighted by molar-refractivity contribution is 6.36. The number of nitrogens with one attached hydrogen (secondary N) is 1. The summed E-state index contributed by atoms with van der Waals surface area (Å²) in [5.74, 6) is 0.0110. The van der Waals surface area contributed by atoms with Crippen LogP contribution in [0.15, 0.2) is 30.3 Å². The maximum Gasteiger partial charge on any atom is 0.261 e. The lowest BCUT2D eigenvalue weighted by Gasteiger charge is -2.31. The van der Waals surface area contributed by atoms with Gasteiger partial charge in [0.05, 0.1) is 0 Å². The van der Waals surface area contributed by atoms with Crippen molar-refractivity contribution in [1.82, 2.24) is 10.2 Å². The lowest BCUT2D eigenvalue weighted by atomic mass is 9.95. The van der Waals surface area contributed by atoms with Gasteiger partial charge in [-0.1, -0.05) is 60.1 Å². The Morgan fingerprint density at radius 2 is 1.65 bits per heavy atom. The molecule has 3 rings (SSSR count). The standard InChI is InChI=1S/C26H31Cl3N2O3/c1-16-12-20(13-17(2)25(16)29)34-15-24(32)31(14-21-22(27)10-7-11-23(21)28)18(3)26(33)30-19-8-5-4-6-9-19/h7,10-13,18-19H,4-6,8-9,14-15H2,1-3H3,(H,30,33). The van der Waals surface area contributed by atoms with Crippen LogP contribution in [0.3, 0.4) is 0 Å². The average Bonchev–Trinajstić information content (AvgIpc) is 2.81. The molecule has 1 N–H and O–H groups in total. The summed E-state index contributed by atoms with van der Waals surface area (Å²) in [6.45, 7) is 5.35. The van der Waals surface area contributed by atoms with E-state index < -0.39 is 6.04 Å². The van der Waals surface area contributed by atoms with Crippen LogP contribution in [0.2, 0.25) is 15.1 Å². The summed E-state index contributed by atoms with van der Waals surface area (Å²) in [7, 11) is 0. The second kappa shape index (κ2) is 12.1. The molecule has 1 atom stereocenters. The van der Waals surface area contributed by atoms with Gasteiger partial charge in [-0.05, 0) is 69.0 Å². The van der Waals surface area contributed by atoms with Crippen LogP contribution in [-0.2, 0) is 16.1 Å². The van der Waals surface area contributed by atoms with E-state index >= 15 is 0 Å². The third-order valence-corrected chi connectivity index (χ3v) is 7.59. The van der Waals surface area contributed by atoms with Gasteiger partial charge in [0, 0.05) is 33.2 Å². The molecule has 0 bridgehead atoms. The van der Waals surface area contributed by atoms with Crippen LogP contribution in [0, 0.1) is 13.8 Å². The SMILES string of the molecule is Cc1cc(OCC(=O)N(Cc2c(Cl)cccc2Cl)C(C)C(=O)NC2CCCCC2)cc(C)c1Cl. The first-order valence-electron chi connectivity index (χ1n) is 11.6. The molecule has 8 heteroatoms. The highest BCUT2D eigenvalue weighted by Crippen LogP contribution is 2.28. The predicted molar refractivity (Wildman–Crippen MR) is 138 cm³/mol. The van der Waals surface area contributed by atoms with Gasteiger partial charge in [0.15, 0.2) is 6.61 Å². The van der Waals surface area contributed by atoms with Gasteiger partial charge in [-0.2, -0.15) is 0 Å². The molecule has 1 aliphatic rings. The first-order chi connectivity index (χ1) is 16.2. The van der Waals surface area contributed by atoms with Crippen molar-refractivity contribution in [3.8, 4) is 5.75 Å². The number of carbonyl (C=O) groups excluding carboxylic acids is 2. The number of benzene rings is 2. The molecule has 1 aliphatic carbocycles. The minimum Gasteiger partial charge on any atom is -0.484 e. The summed E-state index contributed by atoms with van der Waals surface area (Å²) >= 11 is 19.0. The molecule has 1 fully saturated rings. The molecule has 5 nitrogen and oxygen atoms in total. The summed E-state index contributed by atoms with van der Waals surface area (Å²) in [5, 5.41) is 4.66. The quantitative estimate of drug-likeness (QED) is 0.427. The van der Waals surface area contributed by atoms with E-state index in [4.69, 9.17) is 39.5 Å². The lowest BCUT2D eigenvalue weighted by Crippen LogP contribution is -2.51. The van der Waals surface area contributed by atoms with E-state index in [0.29, 0.717) is 26.4 Å². The Balaban J connectivity index is 1.78. The van der Waals surface area contributed by atoms with Crippen LogP contribution in [0.1, 0.15) is 55.7 Å². The monoisotopic (exact) mass is 524 g/mol. The average molecular weight is 526 g/mol. The second-order valence-corrected chi connectivity index (χ2v) is 10.1. The Kier molecular flexibility index (Phi) is 9.52. The number of hydrogen-bond donors (Lipinski definition) is 1. The first-order valence-corrected chi connectivity index (χ1v) is 12.7. The van der Waals surface area contributed by atoms with Crippen LogP contribution < -0.4 is 10.1 Å². The molecule has 2 amide bonds. The maximum atomic E-state index is 13.3. The first kappa shape index (κ1) is 26.7. The van der Waals surface area contributed by atoms with Crippen LogP contribution in [0.4, 0.5) is 0 Å². The van der Waals surface area contributed by atoms with Gasteiger partial charge in [0.2, 0.25) is 5.91 Å². The number of amides is 2. The van der Waals surface area contributed by atoms with Crippen LogP contribution >= 0.6 is 34.8 Å². The Labute approximate surface area is 216 Å². The van der Waals surface area contributed by atoms with E-state index in [9.17, 15) is 9.59 Å². The van der Waals surface area contributed by atoms with Gasteiger partial charge in [-0.3, -0.25) is 9.59 Å². The summed E-state index contributed by atoms with van der Waals surface area (Å²) < 4.78 is 5.80. The molecular weight excluding hydrogens is 495 g/mol. The van der Waals surface area contributed by atoms with Gasteiger partial charge in [-0.25, -0.2) is 0 Å². The van der Waals surface area contributed by atoms with Crippen molar-refractivity contribution in [2.24, 2.45) is 0 Å². The zero-order chi connectivity index (χ0) is 24.8. The third kappa shape index (κ3) is 6.80. The Morgan fingerprint density at radius 1 is 1.06 bits per heavy atom. The van der Waals surface area contributed by atoms with Gasteiger partial charge in [0.25, 0.3) is 5.91 Å². The van der Waals surface area contributed by atoms with Gasteiger partial charge >= 0.3 is 0 Å². The molecule has 0 spiro atoms. The summed E-state index contributed by atoms with van der Waals surface area (Å²) in [4.78, 5) is 27.9. The normalized spacial score (nSPS) is 15.0. The van der Waals surface area contributed by atoms with Gasteiger partial charge < -0.3 is 15.0 Å².